The molecule has 4 rings (SSSR count). The maximum absolute atomic E-state index is 12.8. The average Bonchev–Trinajstić information content (AvgIpc) is 3.06. The summed E-state index contributed by atoms with van der Waals surface area (Å²) in [5, 5.41) is 14.1. The molecule has 3 aromatic rings. The van der Waals surface area contributed by atoms with Crippen LogP contribution in [0.5, 0.6) is 5.75 Å². The van der Waals surface area contributed by atoms with Crippen LogP contribution in [0.4, 0.5) is 16.2 Å². The summed E-state index contributed by atoms with van der Waals surface area (Å²) in [6.45, 7) is 0.165. The molecule has 8 nitrogen and oxygen atoms in total. The quantitative estimate of drug-likeness (QED) is 0.110. The molecule has 3 amide bonds. The molecule has 34 heavy (non-hydrogen) atoms. The number of halogens is 3. The number of benzene rings is 3. The van der Waals surface area contributed by atoms with Gasteiger partial charge in [-0.05, 0) is 98.8 Å². The molecule has 0 spiro atoms. The predicted octanol–water partition coefficient (Wildman–Crippen LogP) is 6.13. The number of hydrogen-bond donors (Lipinski definition) is 1. The van der Waals surface area contributed by atoms with Gasteiger partial charge in [-0.1, -0.05) is 23.7 Å². The molecule has 11 heteroatoms. The van der Waals surface area contributed by atoms with Gasteiger partial charge in [0.15, 0.2) is 0 Å². The van der Waals surface area contributed by atoms with Crippen LogP contribution in [-0.4, -0.2) is 16.9 Å². The number of rotatable bonds is 6. The number of carbonyl (C=O) groups is 2. The SMILES string of the molecule is O=C1N/C(=C/c2cc(I)c(OCc3cccc([N+](=O)[O-])c3)c(I)c2)C(=O)N1c1ccc(Cl)cc1. The molecule has 172 valence electrons. The van der Waals surface area contributed by atoms with E-state index in [9.17, 15) is 19.7 Å². The molecule has 1 heterocycles. The van der Waals surface area contributed by atoms with Gasteiger partial charge < -0.3 is 10.1 Å². The van der Waals surface area contributed by atoms with Crippen molar-refractivity contribution >= 4 is 86.2 Å². The largest absolute Gasteiger partial charge is 0.487 e. The maximum Gasteiger partial charge on any atom is 0.333 e. The van der Waals surface area contributed by atoms with Gasteiger partial charge in [0.25, 0.3) is 11.6 Å². The highest BCUT2D eigenvalue weighted by atomic mass is 127. The molecule has 0 atom stereocenters. The van der Waals surface area contributed by atoms with Gasteiger partial charge in [0, 0.05) is 17.2 Å². The van der Waals surface area contributed by atoms with E-state index in [1.165, 1.54) is 12.1 Å². The molecule has 0 unspecified atom stereocenters. The van der Waals surface area contributed by atoms with E-state index < -0.39 is 16.9 Å². The first-order valence-corrected chi connectivity index (χ1v) is 12.2. The molecule has 1 saturated heterocycles. The molecule has 0 bridgehead atoms. The Balaban J connectivity index is 1.53. The maximum atomic E-state index is 12.8. The monoisotopic (exact) mass is 701 g/mol. The number of ether oxygens (including phenoxy) is 1. The number of non-ortho nitro benzene ring substituents is 1. The number of carbonyl (C=O) groups excluding carboxylic acids is 2. The Morgan fingerprint density at radius 2 is 1.74 bits per heavy atom. The Kier molecular flexibility index (Phi) is 7.38. The zero-order valence-electron chi connectivity index (χ0n) is 17.1. The lowest BCUT2D eigenvalue weighted by molar-refractivity contribution is -0.384. The van der Waals surface area contributed by atoms with Crippen molar-refractivity contribution in [2.24, 2.45) is 0 Å². The lowest BCUT2D eigenvalue weighted by Crippen LogP contribution is -2.30. The summed E-state index contributed by atoms with van der Waals surface area (Å²) in [6, 6.07) is 15.8. The van der Waals surface area contributed by atoms with Crippen molar-refractivity contribution in [2.75, 3.05) is 4.90 Å². The summed E-state index contributed by atoms with van der Waals surface area (Å²) in [5.74, 6) is 0.155. The van der Waals surface area contributed by atoms with E-state index >= 15 is 0 Å². The highest BCUT2D eigenvalue weighted by Gasteiger charge is 2.34. The van der Waals surface area contributed by atoms with E-state index in [0.29, 0.717) is 27.6 Å². The topological polar surface area (TPSA) is 102 Å². The standard InChI is InChI=1S/C23H14ClI2N3O5/c24-15-4-6-16(7-5-15)28-22(30)20(27-23(28)31)11-14-9-18(25)21(19(26)10-14)34-12-13-2-1-3-17(8-13)29(32)33/h1-11H,12H2,(H,27,31)/b20-11+. The molecule has 0 aliphatic carbocycles. The summed E-state index contributed by atoms with van der Waals surface area (Å²) in [6.07, 6.45) is 1.60. The molecule has 1 aliphatic heterocycles. The Bertz CT molecular complexity index is 1320. The Labute approximate surface area is 226 Å². The zero-order chi connectivity index (χ0) is 24.4. The fraction of sp³-hybridized carbons (Fsp3) is 0.0435. The van der Waals surface area contributed by atoms with Gasteiger partial charge in [0.05, 0.1) is 17.8 Å². The van der Waals surface area contributed by atoms with Gasteiger partial charge in [-0.3, -0.25) is 14.9 Å². The van der Waals surface area contributed by atoms with Crippen LogP contribution in [0.3, 0.4) is 0 Å². The van der Waals surface area contributed by atoms with E-state index in [-0.39, 0.29) is 18.0 Å². The van der Waals surface area contributed by atoms with Crippen LogP contribution in [-0.2, 0) is 11.4 Å². The van der Waals surface area contributed by atoms with Gasteiger partial charge >= 0.3 is 6.03 Å². The van der Waals surface area contributed by atoms with Gasteiger partial charge in [-0.2, -0.15) is 0 Å². The Morgan fingerprint density at radius 1 is 1.06 bits per heavy atom. The molecular formula is C23H14ClI2N3O5. The number of imide groups is 1. The van der Waals surface area contributed by atoms with Crippen LogP contribution in [0.1, 0.15) is 11.1 Å². The van der Waals surface area contributed by atoms with Crippen molar-refractivity contribution < 1.29 is 19.2 Å². The van der Waals surface area contributed by atoms with Crippen LogP contribution in [0.25, 0.3) is 6.08 Å². The lowest BCUT2D eigenvalue weighted by Gasteiger charge is -2.12. The summed E-state index contributed by atoms with van der Waals surface area (Å²) >= 11 is 10.1. The van der Waals surface area contributed by atoms with Gasteiger partial charge in [0.2, 0.25) is 0 Å². The minimum Gasteiger partial charge on any atom is -0.487 e. The third kappa shape index (κ3) is 5.33. The third-order valence-corrected chi connectivity index (χ3v) is 6.65. The van der Waals surface area contributed by atoms with Crippen molar-refractivity contribution in [1.82, 2.24) is 5.32 Å². The predicted molar refractivity (Wildman–Crippen MR) is 145 cm³/mol. The normalized spacial score (nSPS) is 14.4. The van der Waals surface area contributed by atoms with Crippen molar-refractivity contribution in [2.45, 2.75) is 6.61 Å². The van der Waals surface area contributed by atoms with E-state index in [4.69, 9.17) is 16.3 Å². The molecule has 0 aromatic heterocycles. The minimum atomic E-state index is -0.542. The highest BCUT2D eigenvalue weighted by Crippen LogP contribution is 2.31. The highest BCUT2D eigenvalue weighted by molar-refractivity contribution is 14.1. The number of nitrogens with one attached hydrogen (secondary N) is 1. The van der Waals surface area contributed by atoms with Crippen molar-refractivity contribution in [1.29, 1.82) is 0 Å². The number of nitrogens with zero attached hydrogens (tertiary/aromatic N) is 2. The second-order valence-corrected chi connectivity index (χ2v) is 9.90. The van der Waals surface area contributed by atoms with Gasteiger partial charge in [0.1, 0.15) is 18.1 Å². The second-order valence-electron chi connectivity index (χ2n) is 7.13. The van der Waals surface area contributed by atoms with Crippen molar-refractivity contribution in [3.8, 4) is 5.75 Å². The van der Waals surface area contributed by atoms with E-state index in [1.54, 1.807) is 42.5 Å². The van der Waals surface area contributed by atoms with Crippen molar-refractivity contribution in [3.05, 3.63) is 99.8 Å². The third-order valence-electron chi connectivity index (χ3n) is 4.80. The Hall–Kier alpha value is -2.71. The molecule has 1 N–H and O–H groups in total. The Morgan fingerprint density at radius 3 is 2.38 bits per heavy atom. The second kappa shape index (κ2) is 10.3. The van der Waals surface area contributed by atoms with Crippen LogP contribution in [0.2, 0.25) is 5.02 Å². The van der Waals surface area contributed by atoms with Crippen LogP contribution in [0, 0.1) is 17.3 Å². The number of anilines is 1. The number of urea groups is 1. The first kappa shape index (κ1) is 24.4. The summed E-state index contributed by atoms with van der Waals surface area (Å²) in [5.41, 5.74) is 1.95. The van der Waals surface area contributed by atoms with E-state index in [2.05, 4.69) is 50.5 Å². The fourth-order valence-electron chi connectivity index (χ4n) is 3.24. The van der Waals surface area contributed by atoms with Gasteiger partial charge in [-0.25, -0.2) is 9.69 Å². The molecular weight excluding hydrogens is 688 g/mol. The van der Waals surface area contributed by atoms with Crippen molar-refractivity contribution in [3.63, 3.8) is 0 Å². The van der Waals surface area contributed by atoms with Gasteiger partial charge in [-0.15, -0.1) is 0 Å². The first-order chi connectivity index (χ1) is 16.2. The molecule has 1 fully saturated rings. The summed E-state index contributed by atoms with van der Waals surface area (Å²) in [4.78, 5) is 36.8. The number of nitro groups is 1. The number of hydrogen-bond acceptors (Lipinski definition) is 5. The van der Waals surface area contributed by atoms with Crippen LogP contribution < -0.4 is 15.0 Å². The molecule has 0 saturated carbocycles. The average molecular weight is 702 g/mol. The number of amides is 3. The molecule has 0 radical (unpaired) electrons. The molecule has 1 aliphatic rings. The van der Waals surface area contributed by atoms with Crippen LogP contribution in [0.15, 0.2) is 66.4 Å². The van der Waals surface area contributed by atoms with E-state index in [1.807, 2.05) is 12.1 Å². The zero-order valence-corrected chi connectivity index (χ0v) is 22.2. The molecule has 3 aromatic carbocycles. The lowest BCUT2D eigenvalue weighted by atomic mass is 10.1. The first-order valence-electron chi connectivity index (χ1n) is 9.71. The summed E-state index contributed by atoms with van der Waals surface area (Å²) in [7, 11) is 0. The fourth-order valence-corrected chi connectivity index (χ4v) is 5.50. The smallest absolute Gasteiger partial charge is 0.333 e. The minimum absolute atomic E-state index is 0.00314. The van der Waals surface area contributed by atoms with E-state index in [0.717, 1.165) is 12.0 Å². The summed E-state index contributed by atoms with van der Waals surface area (Å²) < 4.78 is 7.49. The number of nitro benzene ring substituents is 1. The van der Waals surface area contributed by atoms with Crippen LogP contribution >= 0.6 is 56.8 Å².